The molecule has 0 heterocycles. The summed E-state index contributed by atoms with van der Waals surface area (Å²) in [6.45, 7) is 1.58. The molecule has 0 bridgehead atoms. The largest absolute Gasteiger partial charge is 0.388 e. The second kappa shape index (κ2) is 3.83. The highest BCUT2D eigenvalue weighted by molar-refractivity contribution is 6.00. The van der Waals surface area contributed by atoms with E-state index in [0.29, 0.717) is 5.56 Å². The summed E-state index contributed by atoms with van der Waals surface area (Å²) in [5.74, 6) is -0.238. The first-order valence-electron chi connectivity index (χ1n) is 4.85. The van der Waals surface area contributed by atoms with Gasteiger partial charge in [0, 0.05) is 5.56 Å². The third kappa shape index (κ3) is 1.90. The van der Waals surface area contributed by atoms with Gasteiger partial charge in [0.25, 0.3) is 0 Å². The van der Waals surface area contributed by atoms with Crippen molar-refractivity contribution >= 4 is 16.6 Å². The highest BCUT2D eigenvalue weighted by Gasteiger charge is 2.04. The smallest absolute Gasteiger partial charge is 0.188 e. The lowest BCUT2D eigenvalue weighted by molar-refractivity contribution is 0.0904. The molecule has 0 saturated carbocycles. The van der Waals surface area contributed by atoms with Crippen molar-refractivity contribution in [3.05, 3.63) is 47.5 Å². The summed E-state index contributed by atoms with van der Waals surface area (Å²) in [4.78, 5) is 11.3. The summed E-state index contributed by atoms with van der Waals surface area (Å²) < 4.78 is 0. The Balaban J connectivity index is 2.59. The number of carbonyl (C=O) groups excluding carboxylic acids is 1. The number of aliphatic hydroxyl groups excluding tert-OH is 1. The van der Waals surface area contributed by atoms with Gasteiger partial charge in [-0.1, -0.05) is 35.9 Å². The van der Waals surface area contributed by atoms with Gasteiger partial charge >= 0.3 is 0 Å². The van der Waals surface area contributed by atoms with Crippen molar-refractivity contribution in [3.63, 3.8) is 0 Å². The monoisotopic (exact) mass is 200 g/mol. The van der Waals surface area contributed by atoms with Crippen LogP contribution in [0.4, 0.5) is 0 Å². The van der Waals surface area contributed by atoms with Gasteiger partial charge in [-0.2, -0.15) is 0 Å². The van der Waals surface area contributed by atoms with Gasteiger partial charge in [0.2, 0.25) is 0 Å². The SMILES string of the molecule is Cc1ccc2ccc(C(=O)CO)cc2c1. The Kier molecular flexibility index (Phi) is 2.52. The normalized spacial score (nSPS) is 10.5. The zero-order valence-electron chi connectivity index (χ0n) is 8.53. The molecule has 0 aliphatic rings. The summed E-state index contributed by atoms with van der Waals surface area (Å²) in [7, 11) is 0. The van der Waals surface area contributed by atoms with E-state index < -0.39 is 6.61 Å². The highest BCUT2D eigenvalue weighted by atomic mass is 16.3. The maximum atomic E-state index is 11.3. The topological polar surface area (TPSA) is 37.3 Å². The third-order valence-corrected chi connectivity index (χ3v) is 2.46. The first-order chi connectivity index (χ1) is 7.20. The van der Waals surface area contributed by atoms with Crippen molar-refractivity contribution in [1.29, 1.82) is 0 Å². The molecule has 15 heavy (non-hydrogen) atoms. The van der Waals surface area contributed by atoms with Crippen LogP contribution in [0.1, 0.15) is 15.9 Å². The molecule has 0 radical (unpaired) electrons. The number of rotatable bonds is 2. The Hall–Kier alpha value is -1.67. The van der Waals surface area contributed by atoms with Gasteiger partial charge in [0.1, 0.15) is 6.61 Å². The average Bonchev–Trinajstić information content (AvgIpc) is 2.27. The minimum absolute atomic E-state index is 0.238. The molecule has 0 fully saturated rings. The molecule has 2 rings (SSSR count). The van der Waals surface area contributed by atoms with E-state index in [1.54, 1.807) is 6.07 Å². The molecule has 0 aliphatic carbocycles. The van der Waals surface area contributed by atoms with E-state index in [-0.39, 0.29) is 5.78 Å². The zero-order chi connectivity index (χ0) is 10.8. The van der Waals surface area contributed by atoms with E-state index in [0.717, 1.165) is 16.3 Å². The predicted octanol–water partition coefficient (Wildman–Crippen LogP) is 2.32. The number of ketones is 1. The van der Waals surface area contributed by atoms with Crippen LogP contribution in [0.3, 0.4) is 0 Å². The summed E-state index contributed by atoms with van der Waals surface area (Å²) in [5, 5.41) is 10.9. The second-order valence-electron chi connectivity index (χ2n) is 3.65. The molecule has 0 unspecified atom stereocenters. The molecular weight excluding hydrogens is 188 g/mol. The van der Waals surface area contributed by atoms with Gasteiger partial charge in [0.05, 0.1) is 0 Å². The maximum Gasteiger partial charge on any atom is 0.188 e. The van der Waals surface area contributed by atoms with Gasteiger partial charge in [-0.05, 0) is 23.8 Å². The summed E-state index contributed by atoms with van der Waals surface area (Å²) in [6, 6.07) is 11.6. The molecule has 0 aliphatic heterocycles. The lowest BCUT2D eigenvalue weighted by atomic mass is 10.0. The zero-order valence-corrected chi connectivity index (χ0v) is 8.53. The Morgan fingerprint density at radius 3 is 2.60 bits per heavy atom. The molecule has 1 N–H and O–H groups in total. The van der Waals surface area contributed by atoms with E-state index in [4.69, 9.17) is 5.11 Å². The first kappa shape index (κ1) is 9.87. The number of aliphatic hydroxyl groups is 1. The number of aryl methyl sites for hydroxylation is 1. The first-order valence-corrected chi connectivity index (χ1v) is 4.85. The maximum absolute atomic E-state index is 11.3. The van der Waals surface area contributed by atoms with E-state index in [9.17, 15) is 4.79 Å². The fourth-order valence-corrected chi connectivity index (χ4v) is 1.63. The van der Waals surface area contributed by atoms with Crippen LogP contribution < -0.4 is 0 Å². The molecule has 0 amide bonds. The van der Waals surface area contributed by atoms with Crippen LogP contribution >= 0.6 is 0 Å². The Morgan fingerprint density at radius 1 is 1.13 bits per heavy atom. The Bertz CT molecular complexity index is 515. The van der Waals surface area contributed by atoms with Gasteiger partial charge in [0.15, 0.2) is 5.78 Å². The number of fused-ring (bicyclic) bond motifs is 1. The fraction of sp³-hybridized carbons (Fsp3) is 0.154. The Morgan fingerprint density at radius 2 is 1.87 bits per heavy atom. The van der Waals surface area contributed by atoms with Crippen molar-refractivity contribution in [3.8, 4) is 0 Å². The number of hydrogen-bond acceptors (Lipinski definition) is 2. The van der Waals surface area contributed by atoms with Crippen LogP contribution in [0, 0.1) is 6.92 Å². The van der Waals surface area contributed by atoms with E-state index >= 15 is 0 Å². The van der Waals surface area contributed by atoms with Crippen LogP contribution in [-0.4, -0.2) is 17.5 Å². The van der Waals surface area contributed by atoms with Crippen molar-refractivity contribution in [1.82, 2.24) is 0 Å². The van der Waals surface area contributed by atoms with Crippen LogP contribution in [0.15, 0.2) is 36.4 Å². The van der Waals surface area contributed by atoms with Crippen LogP contribution in [0.25, 0.3) is 10.8 Å². The summed E-state index contributed by atoms with van der Waals surface area (Å²) >= 11 is 0. The number of benzene rings is 2. The molecule has 0 saturated heterocycles. The molecule has 0 spiro atoms. The summed E-state index contributed by atoms with van der Waals surface area (Å²) in [6.07, 6.45) is 0. The fourth-order valence-electron chi connectivity index (χ4n) is 1.63. The summed E-state index contributed by atoms with van der Waals surface area (Å²) in [5.41, 5.74) is 1.73. The van der Waals surface area contributed by atoms with E-state index in [1.807, 2.05) is 37.3 Å². The number of hydrogen-bond donors (Lipinski definition) is 1. The standard InChI is InChI=1S/C13H12O2/c1-9-2-3-10-4-5-11(13(15)8-14)7-12(10)6-9/h2-7,14H,8H2,1H3. The van der Waals surface area contributed by atoms with Crippen LogP contribution in [-0.2, 0) is 0 Å². The number of Topliss-reactive ketones (excluding diaryl/α,β-unsaturated/α-hetero) is 1. The highest BCUT2D eigenvalue weighted by Crippen LogP contribution is 2.17. The molecule has 2 aromatic rings. The third-order valence-electron chi connectivity index (χ3n) is 2.46. The molecular formula is C13H12O2. The average molecular weight is 200 g/mol. The van der Waals surface area contributed by atoms with Crippen LogP contribution in [0.2, 0.25) is 0 Å². The minimum atomic E-state index is -0.433. The molecule has 0 atom stereocenters. The second-order valence-corrected chi connectivity index (χ2v) is 3.65. The molecule has 2 heteroatoms. The lowest BCUT2D eigenvalue weighted by Gasteiger charge is -2.02. The van der Waals surface area contributed by atoms with Gasteiger partial charge in [-0.15, -0.1) is 0 Å². The quantitative estimate of drug-likeness (QED) is 0.755. The molecule has 2 aromatic carbocycles. The van der Waals surface area contributed by atoms with Crippen molar-refractivity contribution < 1.29 is 9.90 Å². The van der Waals surface area contributed by atoms with Gasteiger partial charge in [-0.25, -0.2) is 0 Å². The van der Waals surface area contributed by atoms with Crippen molar-refractivity contribution in [2.24, 2.45) is 0 Å². The number of carbonyl (C=O) groups is 1. The molecule has 2 nitrogen and oxygen atoms in total. The van der Waals surface area contributed by atoms with Gasteiger partial charge < -0.3 is 5.11 Å². The van der Waals surface area contributed by atoms with E-state index in [1.165, 1.54) is 0 Å². The minimum Gasteiger partial charge on any atom is -0.388 e. The predicted molar refractivity (Wildman–Crippen MR) is 60.1 cm³/mol. The Labute approximate surface area is 88.2 Å². The van der Waals surface area contributed by atoms with E-state index in [2.05, 4.69) is 0 Å². The van der Waals surface area contributed by atoms with Crippen molar-refractivity contribution in [2.75, 3.05) is 6.61 Å². The lowest BCUT2D eigenvalue weighted by Crippen LogP contribution is -2.03. The van der Waals surface area contributed by atoms with Gasteiger partial charge in [-0.3, -0.25) is 4.79 Å². The molecule has 0 aromatic heterocycles. The molecule has 76 valence electrons. The van der Waals surface area contributed by atoms with Crippen LogP contribution in [0.5, 0.6) is 0 Å². The van der Waals surface area contributed by atoms with Crippen molar-refractivity contribution in [2.45, 2.75) is 6.92 Å².